The second-order valence-electron chi connectivity index (χ2n) is 4.46. The van der Waals surface area contributed by atoms with Gasteiger partial charge < -0.3 is 15.0 Å². The fourth-order valence-electron chi connectivity index (χ4n) is 1.96. The van der Waals surface area contributed by atoms with Crippen LogP contribution < -0.4 is 10.1 Å². The molecule has 0 bridgehead atoms. The maximum absolute atomic E-state index is 11.0. The number of benzene rings is 1. The highest BCUT2D eigenvalue weighted by molar-refractivity contribution is 5.48. The molecule has 0 heterocycles. The van der Waals surface area contributed by atoms with E-state index in [4.69, 9.17) is 4.74 Å². The zero-order chi connectivity index (χ0) is 15.0. The molecule has 0 saturated carbocycles. The molecular weight excluding hydrogens is 258 g/mol. The Morgan fingerprint density at radius 3 is 2.60 bits per heavy atom. The molecule has 6 heteroatoms. The highest BCUT2D eigenvalue weighted by Gasteiger charge is 2.15. The second-order valence-corrected chi connectivity index (χ2v) is 4.46. The van der Waals surface area contributed by atoms with Crippen molar-refractivity contribution in [2.24, 2.45) is 0 Å². The van der Waals surface area contributed by atoms with Crippen molar-refractivity contribution in [2.75, 3.05) is 33.3 Å². The Bertz CT molecular complexity index is 434. The first-order valence-electron chi connectivity index (χ1n) is 6.89. The van der Waals surface area contributed by atoms with Crippen LogP contribution in [0.1, 0.15) is 19.4 Å². The number of nitro benzene ring substituents is 1. The van der Waals surface area contributed by atoms with Gasteiger partial charge in [0.05, 0.1) is 4.92 Å². The highest BCUT2D eigenvalue weighted by Crippen LogP contribution is 2.27. The van der Waals surface area contributed by atoms with E-state index in [0.29, 0.717) is 18.9 Å². The number of nitro groups is 1. The lowest BCUT2D eigenvalue weighted by atomic mass is 10.2. The first kappa shape index (κ1) is 16.4. The van der Waals surface area contributed by atoms with Crippen molar-refractivity contribution in [3.63, 3.8) is 0 Å². The summed E-state index contributed by atoms with van der Waals surface area (Å²) in [5.41, 5.74) is 0.986. The Hall–Kier alpha value is -1.66. The zero-order valence-electron chi connectivity index (χ0n) is 12.4. The van der Waals surface area contributed by atoms with Crippen molar-refractivity contribution in [1.82, 2.24) is 10.2 Å². The number of nitrogens with zero attached hydrogens (tertiary/aromatic N) is 2. The number of ether oxygens (including phenoxy) is 1. The minimum Gasteiger partial charge on any atom is -0.485 e. The van der Waals surface area contributed by atoms with E-state index in [1.54, 1.807) is 12.1 Å². The highest BCUT2D eigenvalue weighted by atomic mass is 16.6. The van der Waals surface area contributed by atoms with Gasteiger partial charge in [0.1, 0.15) is 6.61 Å². The van der Waals surface area contributed by atoms with E-state index in [-0.39, 0.29) is 5.69 Å². The van der Waals surface area contributed by atoms with Gasteiger partial charge in [-0.1, -0.05) is 19.9 Å². The van der Waals surface area contributed by atoms with Crippen LogP contribution >= 0.6 is 0 Å². The van der Waals surface area contributed by atoms with E-state index in [2.05, 4.69) is 24.1 Å². The van der Waals surface area contributed by atoms with Gasteiger partial charge in [0.2, 0.25) is 0 Å². The van der Waals surface area contributed by atoms with Gasteiger partial charge in [0.15, 0.2) is 5.75 Å². The molecule has 6 nitrogen and oxygen atoms in total. The quantitative estimate of drug-likeness (QED) is 0.554. The summed E-state index contributed by atoms with van der Waals surface area (Å²) in [6, 6.07) is 4.97. The third kappa shape index (κ3) is 4.79. The van der Waals surface area contributed by atoms with Crippen molar-refractivity contribution in [2.45, 2.75) is 20.4 Å². The van der Waals surface area contributed by atoms with Gasteiger partial charge in [-0.2, -0.15) is 0 Å². The maximum Gasteiger partial charge on any atom is 0.310 e. The lowest BCUT2D eigenvalue weighted by molar-refractivity contribution is -0.385. The summed E-state index contributed by atoms with van der Waals surface area (Å²) >= 11 is 0. The van der Waals surface area contributed by atoms with E-state index in [9.17, 15) is 10.1 Å². The molecule has 0 amide bonds. The summed E-state index contributed by atoms with van der Waals surface area (Å²) in [6.07, 6.45) is 0. The van der Waals surface area contributed by atoms with Crippen LogP contribution in [0.5, 0.6) is 5.75 Å². The lowest BCUT2D eigenvalue weighted by Crippen LogP contribution is -2.28. The number of nitrogens with one attached hydrogen (secondary N) is 1. The number of likely N-dealkylation sites (N-methyl/N-ethyl adjacent to an activating group) is 1. The predicted molar refractivity (Wildman–Crippen MR) is 79.1 cm³/mol. The summed E-state index contributed by atoms with van der Waals surface area (Å²) in [5.74, 6) is 0.343. The number of hydrogen-bond donors (Lipinski definition) is 1. The molecule has 0 aliphatic carbocycles. The minimum absolute atomic E-state index is 0.0180. The molecule has 0 fully saturated rings. The van der Waals surface area contributed by atoms with Crippen LogP contribution in [0.2, 0.25) is 0 Å². The molecule has 0 radical (unpaired) electrons. The molecule has 1 rings (SSSR count). The molecule has 112 valence electrons. The molecular formula is C14H23N3O3. The average molecular weight is 281 g/mol. The van der Waals surface area contributed by atoms with Crippen LogP contribution in [0.15, 0.2) is 18.2 Å². The Labute approximate surface area is 119 Å². The fraction of sp³-hybridized carbons (Fsp3) is 0.571. The monoisotopic (exact) mass is 281 g/mol. The maximum atomic E-state index is 11.0. The molecule has 0 aliphatic rings. The summed E-state index contributed by atoms with van der Waals surface area (Å²) < 4.78 is 5.61. The van der Waals surface area contributed by atoms with Crippen LogP contribution in [0.3, 0.4) is 0 Å². The van der Waals surface area contributed by atoms with Crippen LogP contribution in [-0.4, -0.2) is 43.1 Å². The Balaban J connectivity index is 2.74. The molecule has 0 unspecified atom stereocenters. The first-order valence-corrected chi connectivity index (χ1v) is 6.89. The first-order chi connectivity index (χ1) is 9.62. The zero-order valence-corrected chi connectivity index (χ0v) is 12.4. The normalized spacial score (nSPS) is 10.8. The number of hydrogen-bond acceptors (Lipinski definition) is 5. The molecule has 0 spiro atoms. The third-order valence-corrected chi connectivity index (χ3v) is 3.16. The molecule has 0 atom stereocenters. The summed E-state index contributed by atoms with van der Waals surface area (Å²) in [7, 11) is 1.84. The smallest absolute Gasteiger partial charge is 0.310 e. The van der Waals surface area contributed by atoms with Crippen LogP contribution in [-0.2, 0) is 6.54 Å². The molecule has 1 N–H and O–H groups in total. The van der Waals surface area contributed by atoms with Gasteiger partial charge in [0, 0.05) is 19.2 Å². The van der Waals surface area contributed by atoms with E-state index < -0.39 is 4.92 Å². The molecule has 0 saturated heterocycles. The van der Waals surface area contributed by atoms with Crippen molar-refractivity contribution in [3.8, 4) is 5.75 Å². The average Bonchev–Trinajstić information content (AvgIpc) is 2.44. The standard InChI is InChI=1S/C14H23N3O3/c1-4-16(5-2)8-9-20-14-10-12(11-15-3)6-7-13(14)17(18)19/h6-7,10,15H,4-5,8-9,11H2,1-3H3. The summed E-state index contributed by atoms with van der Waals surface area (Å²) in [5, 5.41) is 14.0. The predicted octanol–water partition coefficient (Wildman–Crippen LogP) is 2.03. The molecule has 1 aromatic rings. The van der Waals surface area contributed by atoms with Gasteiger partial charge in [-0.3, -0.25) is 10.1 Å². The molecule has 1 aromatic carbocycles. The van der Waals surface area contributed by atoms with Gasteiger partial charge in [-0.15, -0.1) is 0 Å². The molecule has 0 aliphatic heterocycles. The van der Waals surface area contributed by atoms with Crippen LogP contribution in [0, 0.1) is 10.1 Å². The largest absolute Gasteiger partial charge is 0.485 e. The van der Waals surface area contributed by atoms with Crippen LogP contribution in [0.4, 0.5) is 5.69 Å². The molecule has 20 heavy (non-hydrogen) atoms. The van der Waals surface area contributed by atoms with Gasteiger partial charge in [0.25, 0.3) is 0 Å². The van der Waals surface area contributed by atoms with E-state index in [1.807, 2.05) is 7.05 Å². The van der Waals surface area contributed by atoms with E-state index in [0.717, 1.165) is 25.2 Å². The lowest BCUT2D eigenvalue weighted by Gasteiger charge is -2.18. The Morgan fingerprint density at radius 2 is 2.05 bits per heavy atom. The van der Waals surface area contributed by atoms with Gasteiger partial charge in [-0.25, -0.2) is 0 Å². The second kappa shape index (κ2) is 8.50. The van der Waals surface area contributed by atoms with Crippen molar-refractivity contribution in [3.05, 3.63) is 33.9 Å². The van der Waals surface area contributed by atoms with E-state index in [1.165, 1.54) is 6.07 Å². The topological polar surface area (TPSA) is 67.6 Å². The Kier molecular flexibility index (Phi) is 6.97. The number of rotatable bonds is 9. The third-order valence-electron chi connectivity index (χ3n) is 3.16. The summed E-state index contributed by atoms with van der Waals surface area (Å²) in [6.45, 7) is 7.93. The van der Waals surface area contributed by atoms with E-state index >= 15 is 0 Å². The van der Waals surface area contributed by atoms with Crippen molar-refractivity contribution < 1.29 is 9.66 Å². The van der Waals surface area contributed by atoms with Gasteiger partial charge in [-0.05, 0) is 31.8 Å². The van der Waals surface area contributed by atoms with Crippen molar-refractivity contribution in [1.29, 1.82) is 0 Å². The summed E-state index contributed by atoms with van der Waals surface area (Å²) in [4.78, 5) is 12.8. The SMILES string of the molecule is CCN(CC)CCOc1cc(CNC)ccc1[N+](=O)[O-]. The van der Waals surface area contributed by atoms with Crippen LogP contribution in [0.25, 0.3) is 0 Å². The Morgan fingerprint density at radius 1 is 1.35 bits per heavy atom. The van der Waals surface area contributed by atoms with Gasteiger partial charge >= 0.3 is 5.69 Å². The minimum atomic E-state index is -0.407. The van der Waals surface area contributed by atoms with Crippen molar-refractivity contribution >= 4 is 5.69 Å². The molecule has 0 aromatic heterocycles. The fourth-order valence-corrected chi connectivity index (χ4v) is 1.96.